The van der Waals surface area contributed by atoms with E-state index in [1.54, 1.807) is 0 Å². The average molecular weight is 403 g/mol. The number of rotatable bonds is 16. The zero-order chi connectivity index (χ0) is 19.7. The molecule has 0 aliphatic heterocycles. The predicted molar refractivity (Wildman–Crippen MR) is 118 cm³/mol. The van der Waals surface area contributed by atoms with E-state index in [9.17, 15) is 0 Å². The Labute approximate surface area is 172 Å². The van der Waals surface area contributed by atoms with E-state index in [0.29, 0.717) is 13.2 Å². The quantitative estimate of drug-likeness (QED) is 0.221. The first-order valence-corrected chi connectivity index (χ1v) is 11.7. The summed E-state index contributed by atoms with van der Waals surface area (Å²) in [6.45, 7) is 4.29. The average Bonchev–Trinajstić information content (AvgIpc) is 2.74. The van der Waals surface area contributed by atoms with Crippen molar-refractivity contribution >= 4 is 8.60 Å². The maximum Gasteiger partial charge on any atom is 0.332 e. The Morgan fingerprint density at radius 1 is 0.571 bits per heavy atom. The zero-order valence-corrected chi connectivity index (χ0v) is 18.1. The highest BCUT2D eigenvalue weighted by Crippen LogP contribution is 2.40. The zero-order valence-electron chi connectivity index (χ0n) is 17.2. The molecule has 0 aliphatic rings. The van der Waals surface area contributed by atoms with Crippen molar-refractivity contribution in [3.63, 3.8) is 0 Å². The van der Waals surface area contributed by atoms with Crippen LogP contribution in [0, 0.1) is 0 Å². The summed E-state index contributed by atoms with van der Waals surface area (Å²) in [6.07, 6.45) is 8.67. The summed E-state index contributed by atoms with van der Waals surface area (Å²) in [5.41, 5.74) is 2.78. The van der Waals surface area contributed by atoms with Crippen molar-refractivity contribution < 1.29 is 13.6 Å². The van der Waals surface area contributed by atoms with Crippen LogP contribution in [0.15, 0.2) is 60.7 Å². The Kier molecular flexibility index (Phi) is 12.9. The maximum absolute atomic E-state index is 5.91. The molecule has 0 saturated carbocycles. The smallest absolute Gasteiger partial charge is 0.312 e. The fourth-order valence-corrected chi connectivity index (χ4v) is 3.88. The molecule has 0 radical (unpaired) electrons. The minimum absolute atomic E-state index is 0.703. The fraction of sp³-hybridized carbons (Fsp3) is 0.500. The first-order chi connectivity index (χ1) is 13.9. The molecule has 0 bridgehead atoms. The van der Waals surface area contributed by atoms with E-state index in [-0.39, 0.29) is 0 Å². The predicted octanol–water partition coefficient (Wildman–Crippen LogP) is 7.11. The van der Waals surface area contributed by atoms with Crippen molar-refractivity contribution in [2.24, 2.45) is 0 Å². The van der Waals surface area contributed by atoms with Crippen LogP contribution in [0.25, 0.3) is 0 Å². The van der Waals surface area contributed by atoms with Crippen LogP contribution in [0.3, 0.4) is 0 Å². The minimum atomic E-state index is -1.21. The van der Waals surface area contributed by atoms with Crippen LogP contribution in [0.1, 0.15) is 56.6 Å². The second-order valence-electron chi connectivity index (χ2n) is 6.96. The molecule has 4 heteroatoms. The van der Waals surface area contributed by atoms with Crippen LogP contribution < -0.4 is 0 Å². The van der Waals surface area contributed by atoms with E-state index >= 15 is 0 Å². The van der Waals surface area contributed by atoms with E-state index in [0.717, 1.165) is 58.0 Å². The van der Waals surface area contributed by atoms with E-state index < -0.39 is 8.60 Å². The molecule has 0 heterocycles. The van der Waals surface area contributed by atoms with Gasteiger partial charge in [-0.1, -0.05) is 74.0 Å². The first-order valence-electron chi connectivity index (χ1n) is 10.6. The molecule has 0 aliphatic carbocycles. The van der Waals surface area contributed by atoms with Gasteiger partial charge >= 0.3 is 8.60 Å². The highest BCUT2D eigenvalue weighted by molar-refractivity contribution is 7.41. The monoisotopic (exact) mass is 402 g/mol. The summed E-state index contributed by atoms with van der Waals surface area (Å²) in [5.74, 6) is 0. The molecule has 0 N–H and O–H groups in total. The summed E-state index contributed by atoms with van der Waals surface area (Å²) in [6, 6.07) is 21.2. The van der Waals surface area contributed by atoms with E-state index in [4.69, 9.17) is 13.6 Å². The third kappa shape index (κ3) is 10.9. The summed E-state index contributed by atoms with van der Waals surface area (Å²) in [4.78, 5) is 0. The Bertz CT molecular complexity index is 542. The third-order valence-corrected chi connectivity index (χ3v) is 5.67. The van der Waals surface area contributed by atoms with Crippen molar-refractivity contribution in [2.75, 3.05) is 19.8 Å². The largest absolute Gasteiger partial charge is 0.332 e. The van der Waals surface area contributed by atoms with Gasteiger partial charge in [-0.15, -0.1) is 0 Å². The highest BCUT2D eigenvalue weighted by Gasteiger charge is 2.12. The van der Waals surface area contributed by atoms with Gasteiger partial charge in [0.2, 0.25) is 0 Å². The molecule has 2 aromatic rings. The van der Waals surface area contributed by atoms with Crippen molar-refractivity contribution in [3.05, 3.63) is 71.8 Å². The lowest BCUT2D eigenvalue weighted by Crippen LogP contribution is -2.01. The lowest BCUT2D eigenvalue weighted by Gasteiger charge is -2.16. The van der Waals surface area contributed by atoms with Gasteiger partial charge in [-0.3, -0.25) is 0 Å². The second kappa shape index (κ2) is 15.6. The highest BCUT2D eigenvalue weighted by atomic mass is 31.2. The Morgan fingerprint density at radius 2 is 1.00 bits per heavy atom. The van der Waals surface area contributed by atoms with Gasteiger partial charge in [0.1, 0.15) is 0 Å². The topological polar surface area (TPSA) is 27.7 Å². The van der Waals surface area contributed by atoms with Gasteiger partial charge < -0.3 is 13.6 Å². The van der Waals surface area contributed by atoms with Gasteiger partial charge in [0.15, 0.2) is 0 Å². The molecule has 0 atom stereocenters. The number of aryl methyl sites for hydroxylation is 2. The van der Waals surface area contributed by atoms with E-state index in [1.807, 2.05) is 0 Å². The minimum Gasteiger partial charge on any atom is -0.312 e. The van der Waals surface area contributed by atoms with Crippen molar-refractivity contribution in [3.8, 4) is 0 Å². The Hall–Kier alpha value is -1.25. The number of hydrogen-bond acceptors (Lipinski definition) is 3. The van der Waals surface area contributed by atoms with E-state index in [1.165, 1.54) is 11.1 Å². The third-order valence-electron chi connectivity index (χ3n) is 4.49. The molecule has 0 aromatic heterocycles. The first kappa shape index (κ1) is 23.0. The molecule has 0 amide bonds. The molecular formula is C24H35O3P. The molecule has 0 spiro atoms. The van der Waals surface area contributed by atoms with Crippen LogP contribution in [-0.4, -0.2) is 19.8 Å². The van der Waals surface area contributed by atoms with Crippen LogP contribution in [0.2, 0.25) is 0 Å². The summed E-state index contributed by atoms with van der Waals surface area (Å²) >= 11 is 0. The molecule has 0 saturated heterocycles. The molecule has 2 rings (SSSR count). The van der Waals surface area contributed by atoms with Crippen LogP contribution in [-0.2, 0) is 26.4 Å². The van der Waals surface area contributed by atoms with Crippen molar-refractivity contribution in [1.82, 2.24) is 0 Å². The van der Waals surface area contributed by atoms with Crippen LogP contribution >= 0.6 is 8.60 Å². The summed E-state index contributed by atoms with van der Waals surface area (Å²) in [5, 5.41) is 0. The SMILES string of the molecule is CCCCOP(OCCCCc1ccccc1)OCCCCc1ccccc1. The standard InChI is InChI=1S/C24H35O3P/c1-2-3-20-25-28(26-21-12-10-18-23-14-6-4-7-15-23)27-22-13-11-19-24-16-8-5-9-17-24/h4-9,14-17H,2-3,10-13,18-22H2,1H3. The Morgan fingerprint density at radius 3 is 1.43 bits per heavy atom. The molecule has 0 fully saturated rings. The Balaban J connectivity index is 1.57. The normalized spacial score (nSPS) is 11.2. The summed E-state index contributed by atoms with van der Waals surface area (Å²) < 4.78 is 17.7. The fourth-order valence-electron chi connectivity index (χ4n) is 2.83. The van der Waals surface area contributed by atoms with Gasteiger partial charge in [0.05, 0.1) is 19.8 Å². The van der Waals surface area contributed by atoms with Crippen molar-refractivity contribution in [1.29, 1.82) is 0 Å². The number of hydrogen-bond donors (Lipinski definition) is 0. The molecule has 0 unspecified atom stereocenters. The second-order valence-corrected chi connectivity index (χ2v) is 8.18. The number of unbranched alkanes of at least 4 members (excludes halogenated alkanes) is 3. The van der Waals surface area contributed by atoms with Gasteiger partial charge in [0.25, 0.3) is 0 Å². The van der Waals surface area contributed by atoms with Crippen LogP contribution in [0.5, 0.6) is 0 Å². The van der Waals surface area contributed by atoms with Crippen LogP contribution in [0.4, 0.5) is 0 Å². The van der Waals surface area contributed by atoms with E-state index in [2.05, 4.69) is 67.6 Å². The molecule has 28 heavy (non-hydrogen) atoms. The molecule has 3 nitrogen and oxygen atoms in total. The lowest BCUT2D eigenvalue weighted by atomic mass is 10.1. The molecule has 154 valence electrons. The van der Waals surface area contributed by atoms with Gasteiger partial charge in [0, 0.05) is 0 Å². The number of benzene rings is 2. The van der Waals surface area contributed by atoms with Crippen molar-refractivity contribution in [2.45, 2.75) is 58.3 Å². The van der Waals surface area contributed by atoms with Gasteiger partial charge in [-0.2, -0.15) is 0 Å². The van der Waals surface area contributed by atoms with Gasteiger partial charge in [-0.05, 0) is 56.1 Å². The van der Waals surface area contributed by atoms with Gasteiger partial charge in [-0.25, -0.2) is 0 Å². The molecular weight excluding hydrogens is 367 g/mol. The lowest BCUT2D eigenvalue weighted by molar-refractivity contribution is 0.155. The molecule has 2 aromatic carbocycles. The summed E-state index contributed by atoms with van der Waals surface area (Å²) in [7, 11) is -1.21. The maximum atomic E-state index is 5.91.